The predicted molar refractivity (Wildman–Crippen MR) is 42.0 cm³/mol. The van der Waals surface area contributed by atoms with E-state index in [1.165, 1.54) is 0 Å². The zero-order valence-corrected chi connectivity index (χ0v) is 7.10. The van der Waals surface area contributed by atoms with Gasteiger partial charge in [-0.1, -0.05) is 0 Å². The first kappa shape index (κ1) is 9.85. The molecular weight excluding hydrogens is 131 g/mol. The Morgan fingerprint density at radius 3 is 2.00 bits per heavy atom. The molecule has 0 aliphatic rings. The van der Waals surface area contributed by atoms with E-state index < -0.39 is 0 Å². The number of nitrogens with zero attached hydrogens (tertiary/aromatic N) is 2. The topological polar surface area (TPSA) is 6.48 Å². The summed E-state index contributed by atoms with van der Waals surface area (Å²) in [5.41, 5.74) is 0. The van der Waals surface area contributed by atoms with Gasteiger partial charge in [-0.15, -0.1) is 0 Å². The average Bonchev–Trinajstić information content (AvgIpc) is 1.85. The van der Waals surface area contributed by atoms with Crippen molar-refractivity contribution in [2.45, 2.75) is 0 Å². The van der Waals surface area contributed by atoms with Crippen molar-refractivity contribution in [2.75, 3.05) is 47.5 Å². The van der Waals surface area contributed by atoms with Crippen LogP contribution in [0.4, 0.5) is 4.39 Å². The molecule has 0 heterocycles. The van der Waals surface area contributed by atoms with Gasteiger partial charge in [0.15, 0.2) is 0 Å². The standard InChI is InChI=1S/C7H17FN2/c1-9(2)6-7-10(3)5-4-8/h4-7H2,1-3H3. The monoisotopic (exact) mass is 148 g/mol. The van der Waals surface area contributed by atoms with E-state index in [4.69, 9.17) is 0 Å². The van der Waals surface area contributed by atoms with Crippen LogP contribution in [0, 0.1) is 0 Å². The second-order valence-corrected chi connectivity index (χ2v) is 2.80. The average molecular weight is 148 g/mol. The van der Waals surface area contributed by atoms with Gasteiger partial charge in [0.05, 0.1) is 0 Å². The molecule has 0 saturated heterocycles. The number of rotatable bonds is 5. The number of hydrogen-bond donors (Lipinski definition) is 0. The molecule has 0 aliphatic heterocycles. The minimum absolute atomic E-state index is 0.246. The fourth-order valence-corrected chi connectivity index (χ4v) is 0.627. The molecule has 0 bridgehead atoms. The van der Waals surface area contributed by atoms with Crippen molar-refractivity contribution in [3.63, 3.8) is 0 Å². The van der Waals surface area contributed by atoms with E-state index in [1.807, 2.05) is 26.0 Å². The Morgan fingerprint density at radius 1 is 1.00 bits per heavy atom. The number of halogens is 1. The maximum absolute atomic E-state index is 11.7. The first-order valence-corrected chi connectivity index (χ1v) is 3.56. The first-order chi connectivity index (χ1) is 4.66. The maximum Gasteiger partial charge on any atom is 0.102 e. The summed E-state index contributed by atoms with van der Waals surface area (Å²) in [5.74, 6) is 0. The van der Waals surface area contributed by atoms with Crippen molar-refractivity contribution in [3.05, 3.63) is 0 Å². The highest BCUT2D eigenvalue weighted by Crippen LogP contribution is 1.83. The van der Waals surface area contributed by atoms with Crippen LogP contribution in [0.25, 0.3) is 0 Å². The van der Waals surface area contributed by atoms with Crippen LogP contribution in [0.5, 0.6) is 0 Å². The predicted octanol–water partition coefficient (Wildman–Crippen LogP) is 0.449. The minimum atomic E-state index is -0.246. The summed E-state index contributed by atoms with van der Waals surface area (Å²) in [6.45, 7) is 2.24. The van der Waals surface area contributed by atoms with Crippen LogP contribution in [0.1, 0.15) is 0 Å². The molecule has 0 unspecified atom stereocenters. The molecule has 62 valence electrons. The van der Waals surface area contributed by atoms with Crippen molar-refractivity contribution in [2.24, 2.45) is 0 Å². The lowest BCUT2D eigenvalue weighted by Gasteiger charge is -2.17. The summed E-state index contributed by atoms with van der Waals surface area (Å²) in [6, 6.07) is 0. The van der Waals surface area contributed by atoms with Crippen LogP contribution < -0.4 is 0 Å². The lowest BCUT2D eigenvalue weighted by molar-refractivity contribution is 0.261. The highest BCUT2D eigenvalue weighted by Gasteiger charge is 1.96. The SMILES string of the molecule is CN(C)CCN(C)CCF. The molecule has 0 radical (unpaired) electrons. The van der Waals surface area contributed by atoms with E-state index in [0.717, 1.165) is 13.1 Å². The second-order valence-electron chi connectivity index (χ2n) is 2.80. The normalized spacial score (nSPS) is 11.4. The Balaban J connectivity index is 3.12. The molecule has 3 heteroatoms. The highest BCUT2D eigenvalue weighted by atomic mass is 19.1. The van der Waals surface area contributed by atoms with Gasteiger partial charge >= 0.3 is 0 Å². The van der Waals surface area contributed by atoms with Gasteiger partial charge in [0.25, 0.3) is 0 Å². The zero-order chi connectivity index (χ0) is 7.98. The highest BCUT2D eigenvalue weighted by molar-refractivity contribution is 4.52. The Hall–Kier alpha value is -0.150. The maximum atomic E-state index is 11.7. The quantitative estimate of drug-likeness (QED) is 0.558. The number of likely N-dealkylation sites (N-methyl/N-ethyl adjacent to an activating group) is 2. The molecule has 0 fully saturated rings. The molecule has 2 nitrogen and oxygen atoms in total. The van der Waals surface area contributed by atoms with Crippen LogP contribution in [0.3, 0.4) is 0 Å². The molecule has 0 aromatic rings. The molecule has 0 saturated carbocycles. The molecule has 0 aromatic carbocycles. The third-order valence-electron chi connectivity index (χ3n) is 1.40. The van der Waals surface area contributed by atoms with Crippen LogP contribution in [-0.4, -0.2) is 57.3 Å². The Kier molecular flexibility index (Phi) is 5.54. The van der Waals surface area contributed by atoms with Crippen LogP contribution in [0.2, 0.25) is 0 Å². The molecule has 0 spiro atoms. The van der Waals surface area contributed by atoms with Crippen LogP contribution in [-0.2, 0) is 0 Å². The molecule has 10 heavy (non-hydrogen) atoms. The molecule has 0 aliphatic carbocycles. The Bertz CT molecular complexity index is 76.0. The van der Waals surface area contributed by atoms with Gasteiger partial charge in [-0.25, -0.2) is 4.39 Å². The van der Waals surface area contributed by atoms with Gasteiger partial charge in [-0.3, -0.25) is 0 Å². The van der Waals surface area contributed by atoms with Gasteiger partial charge in [0, 0.05) is 19.6 Å². The van der Waals surface area contributed by atoms with E-state index in [9.17, 15) is 4.39 Å². The zero-order valence-electron chi connectivity index (χ0n) is 7.10. The van der Waals surface area contributed by atoms with E-state index >= 15 is 0 Å². The summed E-state index contributed by atoms with van der Waals surface area (Å²) in [4.78, 5) is 4.08. The smallest absolute Gasteiger partial charge is 0.102 e. The molecule has 0 aromatic heterocycles. The van der Waals surface area contributed by atoms with Gasteiger partial charge in [0.1, 0.15) is 6.67 Å². The molecule has 0 atom stereocenters. The largest absolute Gasteiger partial charge is 0.308 e. The van der Waals surface area contributed by atoms with Crippen LogP contribution >= 0.6 is 0 Å². The van der Waals surface area contributed by atoms with Crippen molar-refractivity contribution >= 4 is 0 Å². The van der Waals surface area contributed by atoms with E-state index in [2.05, 4.69) is 4.90 Å². The summed E-state index contributed by atoms with van der Waals surface area (Å²) >= 11 is 0. The van der Waals surface area contributed by atoms with Gasteiger partial charge in [-0.2, -0.15) is 0 Å². The first-order valence-electron chi connectivity index (χ1n) is 3.56. The fraction of sp³-hybridized carbons (Fsp3) is 1.00. The Morgan fingerprint density at radius 2 is 1.60 bits per heavy atom. The summed E-state index contributed by atoms with van der Waals surface area (Å²) in [5, 5.41) is 0. The summed E-state index contributed by atoms with van der Waals surface area (Å²) < 4.78 is 11.7. The number of hydrogen-bond acceptors (Lipinski definition) is 2. The molecule has 0 rings (SSSR count). The van der Waals surface area contributed by atoms with Gasteiger partial charge in [0.2, 0.25) is 0 Å². The fourth-order valence-electron chi connectivity index (χ4n) is 0.627. The molecule has 0 N–H and O–H groups in total. The Labute approximate surface area is 62.6 Å². The van der Waals surface area contributed by atoms with Crippen molar-refractivity contribution in [1.29, 1.82) is 0 Å². The lowest BCUT2D eigenvalue weighted by Crippen LogP contribution is -2.29. The number of alkyl halides is 1. The van der Waals surface area contributed by atoms with Gasteiger partial charge in [-0.05, 0) is 21.1 Å². The summed E-state index contributed by atoms with van der Waals surface area (Å²) in [7, 11) is 5.97. The van der Waals surface area contributed by atoms with Gasteiger partial charge < -0.3 is 9.80 Å². The van der Waals surface area contributed by atoms with Crippen molar-refractivity contribution in [1.82, 2.24) is 9.80 Å². The van der Waals surface area contributed by atoms with E-state index in [-0.39, 0.29) is 6.67 Å². The van der Waals surface area contributed by atoms with E-state index in [1.54, 1.807) is 0 Å². The molecular formula is C7H17FN2. The van der Waals surface area contributed by atoms with E-state index in [0.29, 0.717) is 6.54 Å². The lowest BCUT2D eigenvalue weighted by atomic mass is 10.5. The second kappa shape index (κ2) is 5.62. The molecule has 0 amide bonds. The summed E-state index contributed by atoms with van der Waals surface area (Å²) in [6.07, 6.45) is 0. The third-order valence-corrected chi connectivity index (χ3v) is 1.40. The third kappa shape index (κ3) is 5.98. The van der Waals surface area contributed by atoms with Crippen molar-refractivity contribution < 1.29 is 4.39 Å². The minimum Gasteiger partial charge on any atom is -0.308 e. The van der Waals surface area contributed by atoms with Crippen molar-refractivity contribution in [3.8, 4) is 0 Å². The van der Waals surface area contributed by atoms with Crippen LogP contribution in [0.15, 0.2) is 0 Å².